The minimum absolute atomic E-state index is 0.0108. The first kappa shape index (κ1) is 25.5. The van der Waals surface area contributed by atoms with Crippen LogP contribution in [0.5, 0.6) is 0 Å². The van der Waals surface area contributed by atoms with Gasteiger partial charge in [0.1, 0.15) is 0 Å². The Morgan fingerprint density at radius 1 is 1.06 bits per heavy atom. The van der Waals surface area contributed by atoms with Crippen LogP contribution in [0, 0.1) is 0 Å². The molecule has 0 spiro atoms. The second kappa shape index (κ2) is 11.4. The Balaban J connectivity index is 1.23. The van der Waals surface area contributed by atoms with Crippen molar-refractivity contribution >= 4 is 31.9 Å². The van der Waals surface area contributed by atoms with E-state index < -0.39 is 10.0 Å². The smallest absolute Gasteiger partial charge is 0.243 e. The topological polar surface area (TPSA) is 99.9 Å². The summed E-state index contributed by atoms with van der Waals surface area (Å²) in [6.07, 6.45) is 0.668. The summed E-state index contributed by atoms with van der Waals surface area (Å²) in [6.45, 7) is 2.96. The summed E-state index contributed by atoms with van der Waals surface area (Å²) in [5.74, 6) is 0.976. The molecular formula is C24H28BrN5O4S. The zero-order valence-corrected chi connectivity index (χ0v) is 21.9. The van der Waals surface area contributed by atoms with E-state index in [2.05, 4.69) is 31.0 Å². The molecule has 0 N–H and O–H groups in total. The van der Waals surface area contributed by atoms with Gasteiger partial charge in [0.05, 0.1) is 11.4 Å². The number of amides is 1. The molecule has 2 heterocycles. The van der Waals surface area contributed by atoms with Crippen molar-refractivity contribution < 1.29 is 17.7 Å². The summed E-state index contributed by atoms with van der Waals surface area (Å²) < 4.78 is 33.4. The molecule has 0 bridgehead atoms. The molecule has 1 aliphatic rings. The van der Waals surface area contributed by atoms with Crippen molar-refractivity contribution in [2.75, 3.05) is 33.2 Å². The van der Waals surface area contributed by atoms with Gasteiger partial charge in [-0.1, -0.05) is 51.4 Å². The number of piperazine rings is 1. The molecule has 9 nitrogen and oxygen atoms in total. The second-order valence-corrected chi connectivity index (χ2v) is 11.3. The van der Waals surface area contributed by atoms with Crippen molar-refractivity contribution in [1.29, 1.82) is 0 Å². The highest BCUT2D eigenvalue weighted by molar-refractivity contribution is 9.10. The van der Waals surface area contributed by atoms with Crippen LogP contribution in [0.2, 0.25) is 0 Å². The number of benzene rings is 2. The number of nitrogens with zero attached hydrogens (tertiary/aromatic N) is 5. The maximum absolute atomic E-state index is 12.9. The van der Waals surface area contributed by atoms with Crippen LogP contribution in [0.1, 0.15) is 23.7 Å². The lowest BCUT2D eigenvalue weighted by molar-refractivity contribution is -0.130. The quantitative estimate of drug-likeness (QED) is 0.396. The summed E-state index contributed by atoms with van der Waals surface area (Å²) >= 11 is 3.33. The van der Waals surface area contributed by atoms with Crippen molar-refractivity contribution in [2.24, 2.45) is 0 Å². The Labute approximate surface area is 213 Å². The van der Waals surface area contributed by atoms with E-state index >= 15 is 0 Å². The van der Waals surface area contributed by atoms with Crippen molar-refractivity contribution in [3.63, 3.8) is 0 Å². The first-order chi connectivity index (χ1) is 16.8. The minimum atomic E-state index is -3.51. The van der Waals surface area contributed by atoms with E-state index in [-0.39, 0.29) is 12.3 Å². The molecule has 186 valence electrons. The van der Waals surface area contributed by atoms with Crippen LogP contribution >= 0.6 is 15.9 Å². The Morgan fingerprint density at radius 2 is 1.74 bits per heavy atom. The van der Waals surface area contributed by atoms with E-state index in [9.17, 15) is 13.2 Å². The third-order valence-corrected chi connectivity index (χ3v) is 8.34. The second-order valence-electron chi connectivity index (χ2n) is 8.47. The van der Waals surface area contributed by atoms with Gasteiger partial charge < -0.3 is 9.42 Å². The van der Waals surface area contributed by atoms with Crippen LogP contribution < -0.4 is 0 Å². The first-order valence-electron chi connectivity index (χ1n) is 11.4. The lowest BCUT2D eigenvalue weighted by atomic mass is 10.2. The predicted octanol–water partition coefficient (Wildman–Crippen LogP) is 2.93. The molecule has 0 saturated carbocycles. The van der Waals surface area contributed by atoms with Gasteiger partial charge in [-0.2, -0.15) is 9.29 Å². The number of aromatic nitrogens is 2. The molecule has 1 fully saturated rings. The summed E-state index contributed by atoms with van der Waals surface area (Å²) in [6, 6.07) is 16.5. The van der Waals surface area contributed by atoms with Gasteiger partial charge in [0.2, 0.25) is 21.8 Å². The third kappa shape index (κ3) is 6.75. The molecule has 3 aromatic rings. The van der Waals surface area contributed by atoms with Gasteiger partial charge in [-0.3, -0.25) is 9.69 Å². The number of aryl methyl sites for hydroxylation is 1. The van der Waals surface area contributed by atoms with Crippen molar-refractivity contribution in [1.82, 2.24) is 24.2 Å². The van der Waals surface area contributed by atoms with Gasteiger partial charge in [0, 0.05) is 57.1 Å². The summed E-state index contributed by atoms with van der Waals surface area (Å²) in [5.41, 5.74) is 1.08. The molecule has 0 atom stereocenters. The van der Waals surface area contributed by atoms with E-state index in [0.29, 0.717) is 62.3 Å². The van der Waals surface area contributed by atoms with Gasteiger partial charge >= 0.3 is 0 Å². The lowest BCUT2D eigenvalue weighted by Crippen LogP contribution is -2.48. The fourth-order valence-corrected chi connectivity index (χ4v) is 5.58. The van der Waals surface area contributed by atoms with E-state index in [0.717, 1.165) is 10.0 Å². The zero-order valence-electron chi connectivity index (χ0n) is 19.5. The zero-order chi connectivity index (χ0) is 24.8. The maximum Gasteiger partial charge on any atom is 0.243 e. The van der Waals surface area contributed by atoms with Crippen molar-refractivity contribution in [2.45, 2.75) is 30.8 Å². The van der Waals surface area contributed by atoms with Crippen LogP contribution in [0.15, 0.2) is 68.5 Å². The molecule has 2 aromatic carbocycles. The monoisotopic (exact) mass is 561 g/mol. The molecule has 1 aromatic heterocycles. The average Bonchev–Trinajstić information content (AvgIpc) is 3.31. The maximum atomic E-state index is 12.9. The molecule has 4 rings (SSSR count). The summed E-state index contributed by atoms with van der Waals surface area (Å²) in [7, 11) is -1.73. The van der Waals surface area contributed by atoms with E-state index in [4.69, 9.17) is 4.52 Å². The van der Waals surface area contributed by atoms with Crippen LogP contribution in [0.25, 0.3) is 0 Å². The summed E-state index contributed by atoms with van der Waals surface area (Å²) in [5, 5.41) is 4.04. The van der Waals surface area contributed by atoms with Gasteiger partial charge in [0.25, 0.3) is 0 Å². The fourth-order valence-electron chi connectivity index (χ4n) is 3.89. The Morgan fingerprint density at radius 3 is 2.43 bits per heavy atom. The lowest BCUT2D eigenvalue weighted by Gasteiger charge is -2.33. The first-order valence-corrected chi connectivity index (χ1v) is 13.6. The standard InChI is InChI=1S/C24H28BrN5O4S/c1-28(17-19-5-3-2-4-6-19)24(31)12-11-23-26-22(27-34-23)18-29-13-15-30(16-14-29)35(32,33)21-9-7-20(25)8-10-21/h2-10H,11-18H2,1H3. The van der Waals surface area contributed by atoms with Crippen LogP contribution in [0.4, 0.5) is 0 Å². The van der Waals surface area contributed by atoms with Gasteiger partial charge in [-0.25, -0.2) is 8.42 Å². The highest BCUT2D eigenvalue weighted by Gasteiger charge is 2.29. The van der Waals surface area contributed by atoms with Crippen molar-refractivity contribution in [3.8, 4) is 0 Å². The predicted molar refractivity (Wildman–Crippen MR) is 134 cm³/mol. The molecule has 1 aliphatic heterocycles. The number of sulfonamides is 1. The van der Waals surface area contributed by atoms with E-state index in [1.807, 2.05) is 30.3 Å². The Hall–Kier alpha value is -2.60. The average molecular weight is 562 g/mol. The number of carbonyl (C=O) groups excluding carboxylic acids is 1. The highest BCUT2D eigenvalue weighted by Crippen LogP contribution is 2.20. The molecule has 0 radical (unpaired) electrons. The molecule has 11 heteroatoms. The fraction of sp³-hybridized carbons (Fsp3) is 0.375. The highest BCUT2D eigenvalue weighted by atomic mass is 79.9. The number of halogens is 1. The number of rotatable bonds is 9. The minimum Gasteiger partial charge on any atom is -0.341 e. The van der Waals surface area contributed by atoms with Crippen molar-refractivity contribution in [3.05, 3.63) is 76.3 Å². The summed E-state index contributed by atoms with van der Waals surface area (Å²) in [4.78, 5) is 20.9. The van der Waals surface area contributed by atoms with Crippen LogP contribution in [0.3, 0.4) is 0 Å². The van der Waals surface area contributed by atoms with E-state index in [1.54, 1.807) is 36.2 Å². The van der Waals surface area contributed by atoms with Crippen LogP contribution in [-0.2, 0) is 34.3 Å². The Bertz CT molecular complexity index is 1230. The molecule has 0 unspecified atom stereocenters. The van der Waals surface area contributed by atoms with Crippen LogP contribution in [-0.4, -0.2) is 71.8 Å². The molecule has 1 saturated heterocycles. The molecular weight excluding hydrogens is 534 g/mol. The Kier molecular flexibility index (Phi) is 8.32. The van der Waals surface area contributed by atoms with Gasteiger partial charge in [0.15, 0.2) is 5.82 Å². The molecule has 0 aliphatic carbocycles. The number of hydrogen-bond donors (Lipinski definition) is 0. The SMILES string of the molecule is CN(Cc1ccccc1)C(=O)CCc1nc(CN2CCN(S(=O)(=O)c3ccc(Br)cc3)CC2)no1. The van der Waals surface area contributed by atoms with E-state index in [1.165, 1.54) is 4.31 Å². The van der Waals surface area contributed by atoms with Gasteiger partial charge in [-0.05, 0) is 29.8 Å². The number of hydrogen-bond acceptors (Lipinski definition) is 7. The molecule has 1 amide bonds. The third-order valence-electron chi connectivity index (χ3n) is 5.90. The van der Waals surface area contributed by atoms with Gasteiger partial charge in [-0.15, -0.1) is 0 Å². The normalized spacial score (nSPS) is 15.3. The number of carbonyl (C=O) groups is 1. The largest absolute Gasteiger partial charge is 0.341 e. The molecule has 35 heavy (non-hydrogen) atoms.